The first-order valence-corrected chi connectivity index (χ1v) is 8.74. The summed E-state index contributed by atoms with van der Waals surface area (Å²) in [5.74, 6) is 3.41. The standard InChI is InChI=1S/C19H22N4O2/c1-24-16-9-8-14(12-17(16)25-2)15-10-11-20-19-21-18(22-23(15)19)13-6-4-3-5-7-13/h8-13H,3-7H2,1-2H3. The van der Waals surface area contributed by atoms with E-state index in [2.05, 4.69) is 9.97 Å². The molecule has 6 nitrogen and oxygen atoms in total. The summed E-state index contributed by atoms with van der Waals surface area (Å²) >= 11 is 0. The van der Waals surface area contributed by atoms with Crippen molar-refractivity contribution in [3.05, 3.63) is 36.3 Å². The van der Waals surface area contributed by atoms with Gasteiger partial charge in [-0.15, -0.1) is 5.10 Å². The van der Waals surface area contributed by atoms with Crippen molar-refractivity contribution in [3.63, 3.8) is 0 Å². The highest BCUT2D eigenvalue weighted by Gasteiger charge is 2.21. The molecule has 0 radical (unpaired) electrons. The van der Waals surface area contributed by atoms with Gasteiger partial charge in [0.2, 0.25) is 0 Å². The Hall–Kier alpha value is -2.63. The first kappa shape index (κ1) is 15.9. The lowest BCUT2D eigenvalue weighted by Crippen LogP contribution is -2.06. The summed E-state index contributed by atoms with van der Waals surface area (Å²) in [6.07, 6.45) is 7.96. The number of ether oxygens (including phenoxy) is 2. The SMILES string of the molecule is COc1ccc(-c2ccnc3nc(C4CCCCC4)nn23)cc1OC. The summed E-state index contributed by atoms with van der Waals surface area (Å²) in [5.41, 5.74) is 1.94. The predicted molar refractivity (Wildman–Crippen MR) is 95.1 cm³/mol. The van der Waals surface area contributed by atoms with Gasteiger partial charge in [0.1, 0.15) is 0 Å². The Kier molecular flexibility index (Phi) is 4.26. The van der Waals surface area contributed by atoms with Crippen LogP contribution in [0.15, 0.2) is 30.5 Å². The minimum Gasteiger partial charge on any atom is -0.493 e. The second kappa shape index (κ2) is 6.70. The molecule has 0 spiro atoms. The third-order valence-electron chi connectivity index (χ3n) is 4.91. The van der Waals surface area contributed by atoms with Crippen LogP contribution in [-0.4, -0.2) is 33.8 Å². The van der Waals surface area contributed by atoms with Crippen LogP contribution in [0.1, 0.15) is 43.8 Å². The number of fused-ring (bicyclic) bond motifs is 1. The molecular weight excluding hydrogens is 316 g/mol. The summed E-state index contributed by atoms with van der Waals surface area (Å²) in [5, 5.41) is 4.78. The second-order valence-electron chi connectivity index (χ2n) is 6.42. The van der Waals surface area contributed by atoms with Gasteiger partial charge in [-0.25, -0.2) is 4.98 Å². The Morgan fingerprint density at radius 2 is 1.80 bits per heavy atom. The quantitative estimate of drug-likeness (QED) is 0.723. The number of benzene rings is 1. The maximum atomic E-state index is 5.42. The average molecular weight is 338 g/mol. The number of methoxy groups -OCH3 is 2. The van der Waals surface area contributed by atoms with Gasteiger partial charge in [0, 0.05) is 17.7 Å². The summed E-state index contributed by atoms with van der Waals surface area (Å²) in [7, 11) is 3.27. The first-order valence-electron chi connectivity index (χ1n) is 8.74. The zero-order chi connectivity index (χ0) is 17.2. The highest BCUT2D eigenvalue weighted by molar-refractivity contribution is 5.65. The zero-order valence-electron chi connectivity index (χ0n) is 14.6. The molecule has 0 unspecified atom stereocenters. The monoisotopic (exact) mass is 338 g/mol. The van der Waals surface area contributed by atoms with Crippen molar-refractivity contribution in [3.8, 4) is 22.8 Å². The number of rotatable bonds is 4. The Morgan fingerprint density at radius 1 is 1.00 bits per heavy atom. The largest absolute Gasteiger partial charge is 0.493 e. The topological polar surface area (TPSA) is 61.5 Å². The molecule has 4 rings (SSSR count). The highest BCUT2D eigenvalue weighted by Crippen LogP contribution is 2.33. The van der Waals surface area contributed by atoms with Crippen LogP contribution < -0.4 is 9.47 Å². The van der Waals surface area contributed by atoms with Crippen molar-refractivity contribution in [1.82, 2.24) is 19.6 Å². The van der Waals surface area contributed by atoms with E-state index in [9.17, 15) is 0 Å². The van der Waals surface area contributed by atoms with Crippen LogP contribution >= 0.6 is 0 Å². The first-order chi connectivity index (χ1) is 12.3. The smallest absolute Gasteiger partial charge is 0.252 e. The van der Waals surface area contributed by atoms with Gasteiger partial charge in [0.05, 0.1) is 19.9 Å². The fraction of sp³-hybridized carbons (Fsp3) is 0.421. The van der Waals surface area contributed by atoms with Gasteiger partial charge in [0.15, 0.2) is 17.3 Å². The number of nitrogens with zero attached hydrogens (tertiary/aromatic N) is 4. The van der Waals surface area contributed by atoms with E-state index in [4.69, 9.17) is 14.6 Å². The summed E-state index contributed by atoms with van der Waals surface area (Å²) in [4.78, 5) is 9.08. The summed E-state index contributed by atoms with van der Waals surface area (Å²) in [6, 6.07) is 7.81. The van der Waals surface area contributed by atoms with Crippen LogP contribution in [-0.2, 0) is 0 Å². The molecule has 1 aliphatic carbocycles. The van der Waals surface area contributed by atoms with E-state index in [0.29, 0.717) is 23.2 Å². The van der Waals surface area contributed by atoms with Gasteiger partial charge in [-0.2, -0.15) is 9.50 Å². The van der Waals surface area contributed by atoms with Crippen LogP contribution in [0.4, 0.5) is 0 Å². The normalized spacial score (nSPS) is 15.4. The van der Waals surface area contributed by atoms with Gasteiger partial charge in [-0.05, 0) is 37.1 Å². The third kappa shape index (κ3) is 2.92. The molecule has 1 aromatic carbocycles. The molecule has 0 N–H and O–H groups in total. The van der Waals surface area contributed by atoms with Crippen molar-refractivity contribution in [2.75, 3.05) is 14.2 Å². The zero-order valence-corrected chi connectivity index (χ0v) is 14.6. The lowest BCUT2D eigenvalue weighted by Gasteiger charge is -2.17. The van der Waals surface area contributed by atoms with E-state index in [1.165, 1.54) is 32.1 Å². The molecule has 3 aromatic rings. The molecule has 1 aliphatic rings. The van der Waals surface area contributed by atoms with E-state index in [1.54, 1.807) is 20.4 Å². The van der Waals surface area contributed by atoms with Crippen LogP contribution in [0.5, 0.6) is 11.5 Å². The van der Waals surface area contributed by atoms with Gasteiger partial charge in [0.25, 0.3) is 5.78 Å². The fourth-order valence-corrected chi connectivity index (χ4v) is 3.56. The maximum absolute atomic E-state index is 5.42. The predicted octanol–water partition coefficient (Wildman–Crippen LogP) is 3.86. The van der Waals surface area contributed by atoms with Crippen LogP contribution in [0.3, 0.4) is 0 Å². The van der Waals surface area contributed by atoms with Crippen molar-refractivity contribution in [1.29, 1.82) is 0 Å². The molecule has 0 aliphatic heterocycles. The Bertz CT molecular complexity index is 884. The Morgan fingerprint density at radius 3 is 2.56 bits per heavy atom. The second-order valence-corrected chi connectivity index (χ2v) is 6.42. The lowest BCUT2D eigenvalue weighted by atomic mass is 9.89. The van der Waals surface area contributed by atoms with Crippen LogP contribution in [0.25, 0.3) is 17.0 Å². The van der Waals surface area contributed by atoms with Crippen molar-refractivity contribution >= 4 is 5.78 Å². The molecule has 130 valence electrons. The number of aromatic nitrogens is 4. The summed E-state index contributed by atoms with van der Waals surface area (Å²) in [6.45, 7) is 0. The molecule has 0 amide bonds. The molecule has 25 heavy (non-hydrogen) atoms. The lowest BCUT2D eigenvalue weighted by molar-refractivity contribution is 0.355. The average Bonchev–Trinajstić information content (AvgIpc) is 3.12. The molecule has 2 heterocycles. The van der Waals surface area contributed by atoms with E-state index in [-0.39, 0.29) is 0 Å². The summed E-state index contributed by atoms with van der Waals surface area (Å²) < 4.78 is 12.6. The van der Waals surface area contributed by atoms with Gasteiger partial charge < -0.3 is 9.47 Å². The molecule has 0 bridgehead atoms. The van der Waals surface area contributed by atoms with Crippen molar-refractivity contribution < 1.29 is 9.47 Å². The van der Waals surface area contributed by atoms with E-state index in [0.717, 1.165) is 17.1 Å². The minimum atomic E-state index is 0.453. The van der Waals surface area contributed by atoms with E-state index in [1.807, 2.05) is 28.8 Å². The van der Waals surface area contributed by atoms with Crippen LogP contribution in [0, 0.1) is 0 Å². The molecule has 1 fully saturated rings. The fourth-order valence-electron chi connectivity index (χ4n) is 3.56. The van der Waals surface area contributed by atoms with E-state index < -0.39 is 0 Å². The molecule has 6 heteroatoms. The maximum Gasteiger partial charge on any atom is 0.252 e. The molecule has 0 saturated heterocycles. The molecule has 2 aromatic heterocycles. The Labute approximate surface area is 146 Å². The number of hydrogen-bond donors (Lipinski definition) is 0. The van der Waals surface area contributed by atoms with Crippen molar-refractivity contribution in [2.45, 2.75) is 38.0 Å². The molecule has 1 saturated carbocycles. The Balaban J connectivity index is 1.78. The number of hydrogen-bond acceptors (Lipinski definition) is 5. The van der Waals surface area contributed by atoms with Gasteiger partial charge >= 0.3 is 0 Å². The van der Waals surface area contributed by atoms with Crippen molar-refractivity contribution in [2.24, 2.45) is 0 Å². The van der Waals surface area contributed by atoms with Gasteiger partial charge in [-0.3, -0.25) is 0 Å². The van der Waals surface area contributed by atoms with Crippen LogP contribution in [0.2, 0.25) is 0 Å². The molecule has 0 atom stereocenters. The highest BCUT2D eigenvalue weighted by atomic mass is 16.5. The minimum absolute atomic E-state index is 0.453. The van der Waals surface area contributed by atoms with Gasteiger partial charge in [-0.1, -0.05) is 19.3 Å². The molecular formula is C19H22N4O2. The van der Waals surface area contributed by atoms with E-state index >= 15 is 0 Å². The third-order valence-corrected chi connectivity index (χ3v) is 4.91.